The maximum atomic E-state index is 11.9. The lowest BCUT2D eigenvalue weighted by Crippen LogP contribution is -2.23. The van der Waals surface area contributed by atoms with Crippen molar-refractivity contribution >= 4 is 15.8 Å². The molecule has 0 atom stereocenters. The van der Waals surface area contributed by atoms with E-state index in [1.165, 1.54) is 0 Å². The van der Waals surface area contributed by atoms with Crippen molar-refractivity contribution in [2.24, 2.45) is 0 Å². The van der Waals surface area contributed by atoms with Crippen LogP contribution in [-0.4, -0.2) is 23.3 Å². The van der Waals surface area contributed by atoms with Crippen molar-refractivity contribution in [2.45, 2.75) is 11.4 Å². The first-order valence-electron chi connectivity index (χ1n) is 5.21. The molecular formula is C10H10N4O4S. The third kappa shape index (κ3) is 3.14. The van der Waals surface area contributed by atoms with Crippen LogP contribution >= 0.6 is 0 Å². The molecule has 100 valence electrons. The highest BCUT2D eigenvalue weighted by Crippen LogP contribution is 2.12. The highest BCUT2D eigenvalue weighted by molar-refractivity contribution is 7.89. The summed E-state index contributed by atoms with van der Waals surface area (Å²) in [7, 11) is -3.73. The number of aromatic nitrogens is 2. The molecule has 19 heavy (non-hydrogen) atoms. The Balaban J connectivity index is 2.13. The van der Waals surface area contributed by atoms with E-state index < -0.39 is 20.8 Å². The van der Waals surface area contributed by atoms with Crippen LogP contribution in [0.3, 0.4) is 0 Å². The summed E-state index contributed by atoms with van der Waals surface area (Å²) in [5.41, 5.74) is 0.707. The van der Waals surface area contributed by atoms with E-state index in [0.717, 1.165) is 18.3 Å². The molecule has 0 radical (unpaired) electrons. The molecule has 9 heteroatoms. The summed E-state index contributed by atoms with van der Waals surface area (Å²) in [6.45, 7) is 0.103. The van der Waals surface area contributed by atoms with Crippen LogP contribution in [-0.2, 0) is 16.6 Å². The SMILES string of the molecule is O=[N+]([O-])c1ccc(S(=O)(=O)NCc2ccc[nH]2)cn1. The molecule has 0 saturated carbocycles. The van der Waals surface area contributed by atoms with Crippen molar-refractivity contribution in [1.29, 1.82) is 0 Å². The number of nitrogens with zero attached hydrogens (tertiary/aromatic N) is 2. The van der Waals surface area contributed by atoms with Crippen LogP contribution in [0, 0.1) is 10.1 Å². The van der Waals surface area contributed by atoms with Gasteiger partial charge in [0.2, 0.25) is 10.0 Å². The largest absolute Gasteiger partial charge is 0.364 e. The normalized spacial score (nSPS) is 11.4. The van der Waals surface area contributed by atoms with Gasteiger partial charge in [0.15, 0.2) is 6.20 Å². The van der Waals surface area contributed by atoms with E-state index in [-0.39, 0.29) is 11.4 Å². The summed E-state index contributed by atoms with van der Waals surface area (Å²) >= 11 is 0. The fraction of sp³-hybridized carbons (Fsp3) is 0.100. The second kappa shape index (κ2) is 5.16. The lowest BCUT2D eigenvalue weighted by Gasteiger charge is -2.04. The molecule has 0 aliphatic carbocycles. The first-order chi connectivity index (χ1) is 8.99. The Hall–Kier alpha value is -2.26. The molecule has 0 aliphatic heterocycles. The average Bonchev–Trinajstić information content (AvgIpc) is 2.90. The minimum absolute atomic E-state index is 0.103. The molecule has 8 nitrogen and oxygen atoms in total. The zero-order valence-corrected chi connectivity index (χ0v) is 10.4. The van der Waals surface area contributed by atoms with Gasteiger partial charge in [-0.15, -0.1) is 0 Å². The van der Waals surface area contributed by atoms with Gasteiger partial charge >= 0.3 is 5.82 Å². The number of nitrogens with one attached hydrogen (secondary N) is 2. The van der Waals surface area contributed by atoms with Gasteiger partial charge in [-0.05, 0) is 28.1 Å². The Bertz CT molecular complexity index is 664. The van der Waals surface area contributed by atoms with Crippen LogP contribution in [0.4, 0.5) is 5.82 Å². The van der Waals surface area contributed by atoms with E-state index >= 15 is 0 Å². The summed E-state index contributed by atoms with van der Waals surface area (Å²) in [4.78, 5) is 15.9. The molecule has 0 fully saturated rings. The second-order valence-electron chi connectivity index (χ2n) is 3.63. The van der Waals surface area contributed by atoms with Crippen LogP contribution in [0.2, 0.25) is 0 Å². The molecule has 0 amide bonds. The highest BCUT2D eigenvalue weighted by Gasteiger charge is 2.17. The maximum absolute atomic E-state index is 11.9. The third-order valence-electron chi connectivity index (χ3n) is 2.33. The van der Waals surface area contributed by atoms with Gasteiger partial charge in [-0.2, -0.15) is 0 Å². The molecule has 0 saturated heterocycles. The topological polar surface area (TPSA) is 118 Å². The molecule has 0 aliphatic rings. The van der Waals surface area contributed by atoms with Crippen LogP contribution in [0.15, 0.2) is 41.6 Å². The van der Waals surface area contributed by atoms with E-state index in [1.54, 1.807) is 18.3 Å². The van der Waals surface area contributed by atoms with Crippen molar-refractivity contribution < 1.29 is 13.3 Å². The molecule has 2 aromatic rings. The van der Waals surface area contributed by atoms with Crippen LogP contribution < -0.4 is 4.72 Å². The number of nitro groups is 1. The third-order valence-corrected chi connectivity index (χ3v) is 3.72. The van der Waals surface area contributed by atoms with E-state index in [9.17, 15) is 18.5 Å². The predicted molar refractivity (Wildman–Crippen MR) is 65.7 cm³/mol. The van der Waals surface area contributed by atoms with Gasteiger partial charge in [-0.1, -0.05) is 0 Å². The van der Waals surface area contributed by atoms with Crippen LogP contribution in [0.1, 0.15) is 5.69 Å². The monoisotopic (exact) mass is 282 g/mol. The maximum Gasteiger partial charge on any atom is 0.363 e. The average molecular weight is 282 g/mol. The summed E-state index contributed by atoms with van der Waals surface area (Å²) in [6, 6.07) is 5.67. The van der Waals surface area contributed by atoms with Crippen LogP contribution in [0.25, 0.3) is 0 Å². The Morgan fingerprint density at radius 1 is 1.37 bits per heavy atom. The fourth-order valence-electron chi connectivity index (χ4n) is 1.37. The van der Waals surface area contributed by atoms with Gasteiger partial charge < -0.3 is 15.1 Å². The Kier molecular flexibility index (Phi) is 3.58. The molecule has 0 aromatic carbocycles. The molecule has 0 unspecified atom stereocenters. The minimum Gasteiger partial charge on any atom is -0.364 e. The predicted octanol–water partition coefficient (Wildman–Crippen LogP) is 0.796. The smallest absolute Gasteiger partial charge is 0.363 e. The van der Waals surface area contributed by atoms with Crippen molar-refractivity contribution in [3.8, 4) is 0 Å². The summed E-state index contributed by atoms with van der Waals surface area (Å²) in [5.74, 6) is -0.400. The lowest BCUT2D eigenvalue weighted by molar-refractivity contribution is -0.389. The summed E-state index contributed by atoms with van der Waals surface area (Å²) < 4.78 is 26.1. The zero-order chi connectivity index (χ0) is 13.9. The molecule has 0 spiro atoms. The quantitative estimate of drug-likeness (QED) is 0.621. The number of hydrogen-bond donors (Lipinski definition) is 2. The van der Waals surface area contributed by atoms with Crippen molar-refractivity contribution in [3.63, 3.8) is 0 Å². The molecule has 0 bridgehead atoms. The minimum atomic E-state index is -3.73. The van der Waals surface area contributed by atoms with Crippen LogP contribution in [0.5, 0.6) is 0 Å². The first kappa shape index (κ1) is 13.2. The summed E-state index contributed by atoms with van der Waals surface area (Å²) in [5, 5.41) is 10.4. The summed E-state index contributed by atoms with van der Waals surface area (Å²) in [6.07, 6.45) is 2.63. The Morgan fingerprint density at radius 2 is 2.16 bits per heavy atom. The van der Waals surface area contributed by atoms with Gasteiger partial charge in [0, 0.05) is 18.0 Å². The van der Waals surface area contributed by atoms with Gasteiger partial charge in [0.25, 0.3) is 0 Å². The number of aromatic amines is 1. The zero-order valence-electron chi connectivity index (χ0n) is 9.61. The molecule has 2 rings (SSSR count). The van der Waals surface area contributed by atoms with Crippen molar-refractivity contribution in [2.75, 3.05) is 0 Å². The number of pyridine rings is 1. The number of sulfonamides is 1. The van der Waals surface area contributed by atoms with Crippen molar-refractivity contribution in [3.05, 3.63) is 52.5 Å². The Labute approximate surface area is 108 Å². The van der Waals surface area contributed by atoms with E-state index in [1.807, 2.05) is 0 Å². The van der Waals surface area contributed by atoms with E-state index in [0.29, 0.717) is 5.69 Å². The van der Waals surface area contributed by atoms with E-state index in [2.05, 4.69) is 14.7 Å². The molecule has 2 N–H and O–H groups in total. The second-order valence-corrected chi connectivity index (χ2v) is 5.40. The van der Waals surface area contributed by atoms with Gasteiger partial charge in [0.1, 0.15) is 4.90 Å². The number of rotatable bonds is 5. The standard InChI is InChI=1S/C10H10N4O4S/c15-14(16)10-4-3-9(7-12-10)19(17,18)13-6-8-2-1-5-11-8/h1-5,7,11,13H,6H2. The van der Waals surface area contributed by atoms with Crippen molar-refractivity contribution in [1.82, 2.24) is 14.7 Å². The first-order valence-corrected chi connectivity index (χ1v) is 6.70. The van der Waals surface area contributed by atoms with Gasteiger partial charge in [-0.3, -0.25) is 0 Å². The Morgan fingerprint density at radius 3 is 2.68 bits per heavy atom. The molecular weight excluding hydrogens is 272 g/mol. The number of hydrogen-bond acceptors (Lipinski definition) is 5. The van der Waals surface area contributed by atoms with E-state index in [4.69, 9.17) is 0 Å². The highest BCUT2D eigenvalue weighted by atomic mass is 32.2. The van der Waals surface area contributed by atoms with Gasteiger partial charge in [-0.25, -0.2) is 13.1 Å². The fourth-order valence-corrected chi connectivity index (χ4v) is 2.32. The lowest BCUT2D eigenvalue weighted by atomic mass is 10.4. The molecule has 2 aromatic heterocycles. The van der Waals surface area contributed by atoms with Gasteiger partial charge in [0.05, 0.1) is 6.54 Å². The number of H-pyrrole nitrogens is 1. The molecule has 2 heterocycles.